The highest BCUT2D eigenvalue weighted by molar-refractivity contribution is 5.74. The molecule has 2 saturated carbocycles. The van der Waals surface area contributed by atoms with E-state index in [1.165, 1.54) is 12.8 Å². The molecule has 0 aromatic carbocycles. The van der Waals surface area contributed by atoms with Gasteiger partial charge in [-0.1, -0.05) is 25.7 Å². The average Bonchev–Trinajstić information content (AvgIpc) is 2.89. The summed E-state index contributed by atoms with van der Waals surface area (Å²) in [5.41, 5.74) is -0.709. The molecule has 5 nitrogen and oxygen atoms in total. The molecule has 5 heteroatoms. The molecule has 1 saturated heterocycles. The van der Waals surface area contributed by atoms with Gasteiger partial charge in [0.1, 0.15) is 0 Å². The molecule has 0 bridgehead atoms. The van der Waals surface area contributed by atoms with E-state index in [0.717, 1.165) is 58.0 Å². The Kier molecular flexibility index (Phi) is 5.24. The van der Waals surface area contributed by atoms with Crippen LogP contribution in [-0.2, 0) is 4.74 Å². The Hall–Kier alpha value is -0.810. The van der Waals surface area contributed by atoms with Crippen LogP contribution >= 0.6 is 0 Å². The van der Waals surface area contributed by atoms with E-state index < -0.39 is 5.60 Å². The van der Waals surface area contributed by atoms with Gasteiger partial charge in [-0.25, -0.2) is 4.79 Å². The number of hydrogen-bond acceptors (Lipinski definition) is 3. The fourth-order valence-corrected chi connectivity index (χ4v) is 4.38. The Bertz CT molecular complexity index is 380. The number of rotatable bonds is 3. The lowest BCUT2D eigenvalue weighted by Crippen LogP contribution is -2.52. The Morgan fingerprint density at radius 2 is 1.86 bits per heavy atom. The highest BCUT2D eigenvalue weighted by atomic mass is 16.5. The smallest absolute Gasteiger partial charge is 0.315 e. The Morgan fingerprint density at radius 3 is 2.64 bits per heavy atom. The molecule has 3 N–H and O–H groups in total. The maximum atomic E-state index is 12.2. The summed E-state index contributed by atoms with van der Waals surface area (Å²) >= 11 is 0. The predicted octanol–water partition coefficient (Wildman–Crippen LogP) is 2.33. The fourth-order valence-electron chi connectivity index (χ4n) is 4.38. The maximum absolute atomic E-state index is 12.2. The monoisotopic (exact) mass is 310 g/mol. The van der Waals surface area contributed by atoms with Gasteiger partial charge in [0.05, 0.1) is 11.7 Å². The lowest BCUT2D eigenvalue weighted by atomic mass is 9.82. The molecular formula is C17H30N2O3. The molecule has 3 fully saturated rings. The second kappa shape index (κ2) is 7.18. The lowest BCUT2D eigenvalue weighted by Gasteiger charge is -2.33. The summed E-state index contributed by atoms with van der Waals surface area (Å²) in [5, 5.41) is 16.6. The summed E-state index contributed by atoms with van der Waals surface area (Å²) in [6, 6.07) is 0.0975. The van der Waals surface area contributed by atoms with Crippen LogP contribution in [0.4, 0.5) is 4.79 Å². The number of hydrogen-bond donors (Lipinski definition) is 3. The summed E-state index contributed by atoms with van der Waals surface area (Å²) < 4.78 is 5.74. The summed E-state index contributed by atoms with van der Waals surface area (Å²) in [7, 11) is 0. The first-order chi connectivity index (χ1) is 10.7. The van der Waals surface area contributed by atoms with E-state index in [9.17, 15) is 9.90 Å². The zero-order valence-electron chi connectivity index (χ0n) is 13.5. The summed E-state index contributed by atoms with van der Waals surface area (Å²) in [4.78, 5) is 12.2. The van der Waals surface area contributed by atoms with E-state index in [1.54, 1.807) is 0 Å². The minimum atomic E-state index is -0.709. The first kappa shape index (κ1) is 16.1. The van der Waals surface area contributed by atoms with Gasteiger partial charge >= 0.3 is 6.03 Å². The number of aliphatic hydroxyl groups is 1. The molecule has 3 unspecified atom stereocenters. The highest BCUT2D eigenvalue weighted by Gasteiger charge is 2.38. The Morgan fingerprint density at radius 1 is 1.09 bits per heavy atom. The average molecular weight is 310 g/mol. The quantitative estimate of drug-likeness (QED) is 0.701. The first-order valence-electron chi connectivity index (χ1n) is 9.05. The van der Waals surface area contributed by atoms with Crippen LogP contribution in [0, 0.1) is 5.92 Å². The van der Waals surface area contributed by atoms with Gasteiger partial charge in [0.15, 0.2) is 0 Å². The molecule has 1 heterocycles. The Balaban J connectivity index is 1.45. The van der Waals surface area contributed by atoms with Crippen LogP contribution < -0.4 is 10.6 Å². The van der Waals surface area contributed by atoms with Gasteiger partial charge in [-0.3, -0.25) is 0 Å². The first-order valence-corrected chi connectivity index (χ1v) is 9.05. The van der Waals surface area contributed by atoms with E-state index in [4.69, 9.17) is 4.74 Å². The van der Waals surface area contributed by atoms with Crippen molar-refractivity contribution in [3.05, 3.63) is 0 Å². The SMILES string of the molecule is O=C(NCC1(O)CCCCCC1)NC1CCCC2OCCC12. The van der Waals surface area contributed by atoms with Gasteiger partial charge in [0.25, 0.3) is 0 Å². The van der Waals surface area contributed by atoms with Gasteiger partial charge in [0.2, 0.25) is 0 Å². The topological polar surface area (TPSA) is 70.6 Å². The second-order valence-electron chi connectivity index (χ2n) is 7.36. The minimum absolute atomic E-state index is 0.129. The van der Waals surface area contributed by atoms with Crippen molar-refractivity contribution in [1.29, 1.82) is 0 Å². The third kappa shape index (κ3) is 3.93. The van der Waals surface area contributed by atoms with Crippen LogP contribution in [0.15, 0.2) is 0 Å². The van der Waals surface area contributed by atoms with Gasteiger partial charge < -0.3 is 20.5 Å². The number of carbonyl (C=O) groups excluding carboxylic acids is 1. The van der Waals surface area contributed by atoms with Crippen LogP contribution in [0.25, 0.3) is 0 Å². The van der Waals surface area contributed by atoms with Crippen molar-refractivity contribution in [2.24, 2.45) is 5.92 Å². The van der Waals surface area contributed by atoms with Crippen LogP contribution in [0.5, 0.6) is 0 Å². The van der Waals surface area contributed by atoms with Crippen molar-refractivity contribution < 1.29 is 14.6 Å². The summed E-state index contributed by atoms with van der Waals surface area (Å²) in [6.07, 6.45) is 10.8. The standard InChI is InChI=1S/C17H30N2O3/c20-16(18-12-17(21)9-3-1-2-4-10-17)19-14-6-5-7-15-13(14)8-11-22-15/h13-15,21H,1-12H2,(H2,18,19,20). The third-order valence-corrected chi connectivity index (χ3v) is 5.71. The van der Waals surface area contributed by atoms with Crippen LogP contribution in [-0.4, -0.2) is 42.0 Å². The Labute approximate surface area is 133 Å². The normalized spacial score (nSPS) is 34.5. The van der Waals surface area contributed by atoms with Gasteiger partial charge in [-0.2, -0.15) is 0 Å². The number of carbonyl (C=O) groups is 1. The largest absolute Gasteiger partial charge is 0.388 e. The van der Waals surface area contributed by atoms with Crippen molar-refractivity contribution in [2.45, 2.75) is 82.0 Å². The summed E-state index contributed by atoms with van der Waals surface area (Å²) in [6.45, 7) is 1.20. The van der Waals surface area contributed by atoms with Crippen LogP contribution in [0.1, 0.15) is 64.2 Å². The molecule has 0 spiro atoms. The number of fused-ring (bicyclic) bond motifs is 1. The van der Waals surface area contributed by atoms with Crippen molar-refractivity contribution in [1.82, 2.24) is 10.6 Å². The molecule has 0 aromatic rings. The molecule has 0 aromatic heterocycles. The molecule has 126 valence electrons. The van der Waals surface area contributed by atoms with Crippen molar-refractivity contribution >= 4 is 6.03 Å². The van der Waals surface area contributed by atoms with Crippen molar-refractivity contribution in [3.63, 3.8) is 0 Å². The molecule has 22 heavy (non-hydrogen) atoms. The minimum Gasteiger partial charge on any atom is -0.388 e. The number of urea groups is 1. The van der Waals surface area contributed by atoms with E-state index >= 15 is 0 Å². The van der Waals surface area contributed by atoms with Gasteiger partial charge in [-0.05, 0) is 38.5 Å². The van der Waals surface area contributed by atoms with E-state index in [-0.39, 0.29) is 12.1 Å². The number of ether oxygens (including phenoxy) is 1. The molecule has 1 aliphatic heterocycles. The number of amides is 2. The molecule has 3 aliphatic rings. The molecule has 3 rings (SSSR count). The predicted molar refractivity (Wildman–Crippen MR) is 84.7 cm³/mol. The highest BCUT2D eigenvalue weighted by Crippen LogP contribution is 2.34. The maximum Gasteiger partial charge on any atom is 0.315 e. The van der Waals surface area contributed by atoms with E-state index in [1.807, 2.05) is 0 Å². The molecule has 3 atom stereocenters. The van der Waals surface area contributed by atoms with Crippen LogP contribution in [0.3, 0.4) is 0 Å². The van der Waals surface area contributed by atoms with Crippen LogP contribution in [0.2, 0.25) is 0 Å². The van der Waals surface area contributed by atoms with E-state index in [2.05, 4.69) is 10.6 Å². The zero-order chi connectivity index (χ0) is 15.4. The van der Waals surface area contributed by atoms with E-state index in [0.29, 0.717) is 18.6 Å². The third-order valence-electron chi connectivity index (χ3n) is 5.71. The van der Waals surface area contributed by atoms with Crippen molar-refractivity contribution in [2.75, 3.05) is 13.2 Å². The molecular weight excluding hydrogens is 280 g/mol. The summed E-state index contributed by atoms with van der Waals surface area (Å²) in [5.74, 6) is 0.473. The lowest BCUT2D eigenvalue weighted by molar-refractivity contribution is 0.0269. The number of nitrogens with one attached hydrogen (secondary N) is 2. The fraction of sp³-hybridized carbons (Fsp3) is 0.941. The molecule has 2 aliphatic carbocycles. The van der Waals surface area contributed by atoms with Gasteiger partial charge in [-0.15, -0.1) is 0 Å². The van der Waals surface area contributed by atoms with Gasteiger partial charge in [0, 0.05) is 25.1 Å². The van der Waals surface area contributed by atoms with Crippen molar-refractivity contribution in [3.8, 4) is 0 Å². The second-order valence-corrected chi connectivity index (χ2v) is 7.36. The zero-order valence-corrected chi connectivity index (χ0v) is 13.5. The molecule has 0 radical (unpaired) electrons. The molecule has 2 amide bonds.